The maximum Gasteiger partial charge on any atom is 0.271 e. The van der Waals surface area contributed by atoms with E-state index >= 15 is 0 Å². The minimum atomic E-state index is -0.181. The number of amides is 1. The quantitative estimate of drug-likeness (QED) is 0.743. The number of hydrogen-bond donors (Lipinski definition) is 1. The molecule has 6 nitrogen and oxygen atoms in total. The van der Waals surface area contributed by atoms with Crippen molar-refractivity contribution in [2.24, 2.45) is 0 Å². The summed E-state index contributed by atoms with van der Waals surface area (Å²) in [5.41, 5.74) is 1.44. The largest absolute Gasteiger partial charge is 0.470 e. The number of halogens is 1. The topological polar surface area (TPSA) is 59.4 Å². The predicted molar refractivity (Wildman–Crippen MR) is 99.2 cm³/mol. The summed E-state index contributed by atoms with van der Waals surface area (Å²) in [6, 6.07) is 7.26. The van der Waals surface area contributed by atoms with Crippen molar-refractivity contribution >= 4 is 17.5 Å². The number of nitrogens with one attached hydrogen (secondary N) is 1. The van der Waals surface area contributed by atoms with E-state index in [1.807, 2.05) is 19.1 Å². The van der Waals surface area contributed by atoms with Crippen LogP contribution < -0.4 is 10.1 Å². The van der Waals surface area contributed by atoms with Crippen LogP contribution in [0.5, 0.6) is 5.75 Å². The van der Waals surface area contributed by atoms with Crippen molar-refractivity contribution in [3.05, 3.63) is 46.7 Å². The van der Waals surface area contributed by atoms with Crippen LogP contribution in [-0.4, -0.2) is 46.8 Å². The van der Waals surface area contributed by atoms with E-state index in [0.29, 0.717) is 23.0 Å². The summed E-state index contributed by atoms with van der Waals surface area (Å²) in [6.07, 6.45) is 1.71. The van der Waals surface area contributed by atoms with Gasteiger partial charge in [-0.05, 0) is 43.8 Å². The third-order valence-corrected chi connectivity index (χ3v) is 4.23. The molecular formula is C18H25ClN4O2. The fourth-order valence-electron chi connectivity index (χ4n) is 2.37. The van der Waals surface area contributed by atoms with Gasteiger partial charge in [-0.25, -0.2) is 4.68 Å². The summed E-state index contributed by atoms with van der Waals surface area (Å²) in [5.74, 6) is 0.418. The van der Waals surface area contributed by atoms with Gasteiger partial charge in [-0.1, -0.05) is 31.5 Å². The molecule has 0 bridgehead atoms. The lowest BCUT2D eigenvalue weighted by atomic mass is 10.2. The molecule has 1 N–H and O–H groups in total. The van der Waals surface area contributed by atoms with Crippen LogP contribution in [0.4, 0.5) is 0 Å². The first-order chi connectivity index (χ1) is 12.0. The summed E-state index contributed by atoms with van der Waals surface area (Å²) in [5, 5.41) is 7.67. The zero-order valence-electron chi connectivity index (χ0n) is 15.0. The second-order valence-corrected chi connectivity index (χ2v) is 6.14. The second-order valence-electron chi connectivity index (χ2n) is 5.73. The van der Waals surface area contributed by atoms with Crippen LogP contribution in [0.15, 0.2) is 30.5 Å². The highest BCUT2D eigenvalue weighted by Crippen LogP contribution is 2.25. The van der Waals surface area contributed by atoms with E-state index in [9.17, 15) is 4.79 Å². The average molecular weight is 365 g/mol. The Morgan fingerprint density at radius 1 is 1.32 bits per heavy atom. The zero-order valence-corrected chi connectivity index (χ0v) is 15.7. The van der Waals surface area contributed by atoms with Crippen LogP contribution in [0.1, 0.15) is 29.9 Å². The summed E-state index contributed by atoms with van der Waals surface area (Å²) < 4.78 is 7.24. The van der Waals surface area contributed by atoms with E-state index in [0.717, 1.165) is 25.2 Å². The molecule has 2 aromatic rings. The molecule has 0 aliphatic rings. The van der Waals surface area contributed by atoms with Crippen molar-refractivity contribution in [3.8, 4) is 5.75 Å². The monoisotopic (exact) mass is 364 g/mol. The van der Waals surface area contributed by atoms with Gasteiger partial charge >= 0.3 is 0 Å². The lowest BCUT2D eigenvalue weighted by Crippen LogP contribution is -2.35. The summed E-state index contributed by atoms with van der Waals surface area (Å²) in [7, 11) is 0. The number of benzene rings is 1. The van der Waals surface area contributed by atoms with E-state index in [1.54, 1.807) is 23.0 Å². The molecule has 25 heavy (non-hydrogen) atoms. The van der Waals surface area contributed by atoms with E-state index in [-0.39, 0.29) is 12.6 Å². The molecule has 136 valence electrons. The number of rotatable bonds is 9. The highest BCUT2D eigenvalue weighted by Gasteiger charge is 2.10. The Hall–Kier alpha value is -2.05. The summed E-state index contributed by atoms with van der Waals surface area (Å²) >= 11 is 6.10. The highest BCUT2D eigenvalue weighted by atomic mass is 35.5. The molecule has 1 heterocycles. The Morgan fingerprint density at radius 3 is 2.80 bits per heavy atom. The van der Waals surface area contributed by atoms with Crippen molar-refractivity contribution in [2.45, 2.75) is 27.5 Å². The molecule has 1 amide bonds. The molecular weight excluding hydrogens is 340 g/mol. The van der Waals surface area contributed by atoms with Gasteiger partial charge in [-0.3, -0.25) is 4.79 Å². The number of aromatic nitrogens is 2. The number of ether oxygens (including phenoxy) is 1. The van der Waals surface area contributed by atoms with Crippen molar-refractivity contribution in [3.63, 3.8) is 0 Å². The molecule has 1 aromatic heterocycles. The number of hydrogen-bond acceptors (Lipinski definition) is 4. The molecule has 0 saturated carbocycles. The lowest BCUT2D eigenvalue weighted by Gasteiger charge is -2.17. The van der Waals surface area contributed by atoms with Gasteiger partial charge < -0.3 is 15.0 Å². The van der Waals surface area contributed by atoms with Crippen LogP contribution >= 0.6 is 11.6 Å². The van der Waals surface area contributed by atoms with Crippen LogP contribution in [-0.2, 0) is 6.73 Å². The molecule has 0 radical (unpaired) electrons. The van der Waals surface area contributed by atoms with Gasteiger partial charge in [0, 0.05) is 19.3 Å². The lowest BCUT2D eigenvalue weighted by molar-refractivity contribution is 0.0942. The minimum Gasteiger partial charge on any atom is -0.470 e. The van der Waals surface area contributed by atoms with Gasteiger partial charge in [0.25, 0.3) is 5.91 Å². The standard InChI is InChI=1S/C18H25ClN4O2/c1-4-22(5-2)11-9-20-18(24)16-8-10-23(21-16)13-25-17-12-14(3)6-7-15(17)19/h6-8,10,12H,4-5,9,11,13H2,1-3H3,(H,20,24). The Kier molecular flexibility index (Phi) is 7.28. The Labute approximate surface area is 153 Å². The van der Waals surface area contributed by atoms with Gasteiger partial charge in [0.05, 0.1) is 5.02 Å². The maximum absolute atomic E-state index is 12.1. The average Bonchev–Trinajstić information content (AvgIpc) is 3.08. The van der Waals surface area contributed by atoms with Crippen LogP contribution in [0, 0.1) is 6.92 Å². The normalized spacial score (nSPS) is 10.9. The van der Waals surface area contributed by atoms with Crippen LogP contribution in [0.25, 0.3) is 0 Å². The molecule has 0 spiro atoms. The van der Waals surface area contributed by atoms with E-state index in [1.165, 1.54) is 0 Å². The molecule has 0 aliphatic heterocycles. The molecule has 0 fully saturated rings. The molecule has 7 heteroatoms. The molecule has 0 saturated heterocycles. The van der Waals surface area contributed by atoms with Gasteiger partial charge in [0.15, 0.2) is 6.73 Å². The Morgan fingerprint density at radius 2 is 2.08 bits per heavy atom. The van der Waals surface area contributed by atoms with Gasteiger partial charge in [-0.15, -0.1) is 0 Å². The first kappa shape index (κ1) is 19.3. The van der Waals surface area contributed by atoms with Gasteiger partial charge in [0.2, 0.25) is 0 Å². The number of carbonyl (C=O) groups is 1. The Balaban J connectivity index is 1.85. The molecule has 0 atom stereocenters. The van der Waals surface area contributed by atoms with E-state index in [4.69, 9.17) is 16.3 Å². The smallest absolute Gasteiger partial charge is 0.271 e. The maximum atomic E-state index is 12.1. The first-order valence-corrected chi connectivity index (χ1v) is 8.84. The van der Waals surface area contributed by atoms with Gasteiger partial charge in [0.1, 0.15) is 11.4 Å². The number of carbonyl (C=O) groups excluding carboxylic acids is 1. The third-order valence-electron chi connectivity index (χ3n) is 3.92. The summed E-state index contributed by atoms with van der Waals surface area (Å²) in [6.45, 7) is 9.74. The molecule has 2 rings (SSSR count). The SMILES string of the molecule is CCN(CC)CCNC(=O)c1ccn(COc2cc(C)ccc2Cl)n1. The highest BCUT2D eigenvalue weighted by molar-refractivity contribution is 6.32. The third kappa shape index (κ3) is 5.76. The molecule has 0 aliphatic carbocycles. The number of aryl methyl sites for hydroxylation is 1. The molecule has 1 aromatic carbocycles. The molecule has 0 unspecified atom stereocenters. The minimum absolute atomic E-state index is 0.181. The van der Waals surface area contributed by atoms with Crippen LogP contribution in [0.3, 0.4) is 0 Å². The predicted octanol–water partition coefficient (Wildman–Crippen LogP) is 2.95. The second kappa shape index (κ2) is 9.44. The van der Waals surface area contributed by atoms with Crippen molar-refractivity contribution in [1.29, 1.82) is 0 Å². The zero-order chi connectivity index (χ0) is 18.2. The van der Waals surface area contributed by atoms with Crippen molar-refractivity contribution < 1.29 is 9.53 Å². The first-order valence-electron chi connectivity index (χ1n) is 8.46. The fraction of sp³-hybridized carbons (Fsp3) is 0.444. The van der Waals surface area contributed by atoms with Gasteiger partial charge in [-0.2, -0.15) is 5.10 Å². The fourth-order valence-corrected chi connectivity index (χ4v) is 2.54. The van der Waals surface area contributed by atoms with E-state index in [2.05, 4.69) is 29.2 Å². The van der Waals surface area contributed by atoms with E-state index < -0.39 is 0 Å². The number of likely N-dealkylation sites (N-methyl/N-ethyl adjacent to an activating group) is 1. The summed E-state index contributed by atoms with van der Waals surface area (Å²) in [4.78, 5) is 14.4. The number of nitrogens with zero attached hydrogens (tertiary/aromatic N) is 3. The Bertz CT molecular complexity index is 698. The van der Waals surface area contributed by atoms with Crippen molar-refractivity contribution in [2.75, 3.05) is 26.2 Å². The van der Waals surface area contributed by atoms with Crippen molar-refractivity contribution in [1.82, 2.24) is 20.0 Å². The van der Waals surface area contributed by atoms with Crippen LogP contribution in [0.2, 0.25) is 5.02 Å².